The number of para-hydroxylation sites is 2. The number of carbonyl (C=O) groups excluding carboxylic acids is 1. The summed E-state index contributed by atoms with van der Waals surface area (Å²) >= 11 is 0. The van der Waals surface area contributed by atoms with Gasteiger partial charge in [0.25, 0.3) is 0 Å². The Morgan fingerprint density at radius 1 is 0.938 bits per heavy atom. The number of fused-ring (bicyclic) bond motifs is 2. The average Bonchev–Trinajstić information content (AvgIpc) is 2.67. The van der Waals surface area contributed by atoms with E-state index in [1.807, 2.05) is 36.4 Å². The van der Waals surface area contributed by atoms with Gasteiger partial charge in [-0.1, -0.05) is 12.1 Å². The second-order valence-corrected chi connectivity index (χ2v) is 3.57. The van der Waals surface area contributed by atoms with Crippen LogP contribution in [0.2, 0.25) is 0 Å². The molecule has 0 unspecified atom stereocenters. The van der Waals surface area contributed by atoms with E-state index in [2.05, 4.69) is 9.97 Å². The summed E-state index contributed by atoms with van der Waals surface area (Å²) in [5.74, 6) is 0. The summed E-state index contributed by atoms with van der Waals surface area (Å²) < 4.78 is 0. The fourth-order valence-electron chi connectivity index (χ4n) is 1.77. The summed E-state index contributed by atoms with van der Waals surface area (Å²) in [5, 5.41) is 1.65. The smallest absolute Gasteiger partial charge is 0.143 e. The molecule has 0 spiro atoms. The van der Waals surface area contributed by atoms with E-state index in [0.717, 1.165) is 33.6 Å². The quantitative estimate of drug-likeness (QED) is 0.501. The Morgan fingerprint density at radius 3 is 2.00 bits per heavy atom. The highest BCUT2D eigenvalue weighted by atomic mass is 16.1. The van der Waals surface area contributed by atoms with Crippen LogP contribution in [0.15, 0.2) is 35.9 Å². The summed E-state index contributed by atoms with van der Waals surface area (Å²) in [5.41, 5.74) is 2.59. The molecule has 1 aliphatic rings. The van der Waals surface area contributed by atoms with E-state index >= 15 is 0 Å². The maximum absolute atomic E-state index is 10.4. The number of rotatable bonds is 1. The van der Waals surface area contributed by atoms with E-state index in [1.165, 1.54) is 6.08 Å². The molecule has 0 aliphatic heterocycles. The number of aromatic nitrogens is 2. The van der Waals surface area contributed by atoms with Crippen molar-refractivity contribution < 1.29 is 4.79 Å². The molecule has 0 N–H and O–H groups in total. The Morgan fingerprint density at radius 2 is 1.50 bits per heavy atom. The minimum atomic E-state index is 0.772. The fourth-order valence-corrected chi connectivity index (χ4v) is 1.77. The van der Waals surface area contributed by atoms with Crippen LogP contribution in [0.4, 0.5) is 0 Å². The zero-order valence-corrected chi connectivity index (χ0v) is 8.42. The average molecular weight is 208 g/mol. The number of hydrogen-bond donors (Lipinski definition) is 0. The Hall–Kier alpha value is -2.29. The van der Waals surface area contributed by atoms with Crippen molar-refractivity contribution in [3.63, 3.8) is 0 Å². The summed E-state index contributed by atoms with van der Waals surface area (Å²) in [6.07, 6.45) is 6.01. The number of hydrogen-bond acceptors (Lipinski definition) is 3. The lowest BCUT2D eigenvalue weighted by atomic mass is 10.3. The summed E-state index contributed by atoms with van der Waals surface area (Å²) in [6.45, 7) is 0. The van der Waals surface area contributed by atoms with E-state index in [0.29, 0.717) is 0 Å². The van der Waals surface area contributed by atoms with Crippen LogP contribution in [0.25, 0.3) is 23.2 Å². The van der Waals surface area contributed by atoms with Gasteiger partial charge in [0.15, 0.2) is 0 Å². The Labute approximate surface area is 91.5 Å². The molecule has 2 aromatic rings. The van der Waals surface area contributed by atoms with Gasteiger partial charge >= 0.3 is 0 Å². The molecule has 0 atom stereocenters. The SMILES string of the molecule is O=CC=C1C=c2nc3ccccc3nc2=C1. The maximum atomic E-state index is 10.4. The van der Waals surface area contributed by atoms with Gasteiger partial charge in [-0.2, -0.15) is 0 Å². The third kappa shape index (κ3) is 1.34. The highest BCUT2D eigenvalue weighted by Crippen LogP contribution is 2.05. The van der Waals surface area contributed by atoms with Crippen LogP contribution in [0.3, 0.4) is 0 Å². The van der Waals surface area contributed by atoms with Gasteiger partial charge in [-0.15, -0.1) is 0 Å². The zero-order chi connectivity index (χ0) is 11.0. The number of carbonyl (C=O) groups is 1. The van der Waals surface area contributed by atoms with Crippen molar-refractivity contribution in [3.05, 3.63) is 46.6 Å². The van der Waals surface area contributed by atoms with Crippen molar-refractivity contribution in [2.45, 2.75) is 0 Å². The van der Waals surface area contributed by atoms with Crippen LogP contribution in [0.5, 0.6) is 0 Å². The van der Waals surface area contributed by atoms with Crippen LogP contribution in [-0.2, 0) is 4.79 Å². The molecule has 1 aromatic heterocycles. The highest BCUT2D eigenvalue weighted by Gasteiger charge is 2.03. The summed E-state index contributed by atoms with van der Waals surface area (Å²) in [7, 11) is 0. The molecule has 76 valence electrons. The van der Waals surface area contributed by atoms with Gasteiger partial charge in [-0.25, -0.2) is 9.97 Å². The molecule has 0 saturated heterocycles. The minimum absolute atomic E-state index is 0.772. The van der Waals surface area contributed by atoms with E-state index in [1.54, 1.807) is 0 Å². The number of aldehydes is 1. The van der Waals surface area contributed by atoms with Crippen LogP contribution >= 0.6 is 0 Å². The van der Waals surface area contributed by atoms with Crippen LogP contribution in [0.1, 0.15) is 0 Å². The van der Waals surface area contributed by atoms with Crippen molar-refractivity contribution in [2.24, 2.45) is 0 Å². The molecule has 3 heteroatoms. The highest BCUT2D eigenvalue weighted by molar-refractivity contribution is 5.82. The monoisotopic (exact) mass is 208 g/mol. The molecule has 3 rings (SSSR count). The van der Waals surface area contributed by atoms with Crippen LogP contribution < -0.4 is 10.7 Å². The zero-order valence-electron chi connectivity index (χ0n) is 8.42. The van der Waals surface area contributed by atoms with Crippen molar-refractivity contribution in [2.75, 3.05) is 0 Å². The predicted molar refractivity (Wildman–Crippen MR) is 61.9 cm³/mol. The standard InChI is InChI=1S/C13H8N2O/c16-6-5-9-7-12-13(8-9)15-11-4-2-1-3-10(11)14-12/h1-8H. The van der Waals surface area contributed by atoms with E-state index in [9.17, 15) is 4.79 Å². The summed E-state index contributed by atoms with van der Waals surface area (Å²) in [4.78, 5) is 19.4. The number of nitrogens with zero attached hydrogens (tertiary/aromatic N) is 2. The van der Waals surface area contributed by atoms with Gasteiger partial charge in [0.05, 0.1) is 21.7 Å². The van der Waals surface area contributed by atoms with Gasteiger partial charge in [0.2, 0.25) is 0 Å². The topological polar surface area (TPSA) is 42.9 Å². The van der Waals surface area contributed by atoms with Crippen LogP contribution in [-0.4, -0.2) is 16.3 Å². The molecule has 0 fully saturated rings. The van der Waals surface area contributed by atoms with Crippen molar-refractivity contribution in [3.8, 4) is 0 Å². The maximum Gasteiger partial charge on any atom is 0.143 e. The fraction of sp³-hybridized carbons (Fsp3) is 0. The molecule has 16 heavy (non-hydrogen) atoms. The third-order valence-electron chi connectivity index (χ3n) is 2.49. The molecular weight excluding hydrogens is 200 g/mol. The van der Waals surface area contributed by atoms with Gasteiger partial charge in [-0.05, 0) is 35.9 Å². The molecule has 0 radical (unpaired) electrons. The van der Waals surface area contributed by atoms with Crippen LogP contribution in [0, 0.1) is 0 Å². The first-order chi connectivity index (χ1) is 7.86. The van der Waals surface area contributed by atoms with E-state index in [4.69, 9.17) is 0 Å². The first kappa shape index (κ1) is 8.97. The number of allylic oxidation sites excluding steroid dienone is 2. The summed E-state index contributed by atoms with van der Waals surface area (Å²) in [6, 6.07) is 7.73. The van der Waals surface area contributed by atoms with E-state index in [-0.39, 0.29) is 0 Å². The first-order valence-corrected chi connectivity index (χ1v) is 4.98. The molecule has 1 aromatic carbocycles. The Balaban J connectivity index is 2.38. The lowest BCUT2D eigenvalue weighted by Gasteiger charge is -1.93. The lowest BCUT2D eigenvalue weighted by molar-refractivity contribution is -0.104. The normalized spacial score (nSPS) is 12.9. The van der Waals surface area contributed by atoms with Gasteiger partial charge < -0.3 is 0 Å². The molecule has 1 aliphatic carbocycles. The van der Waals surface area contributed by atoms with E-state index < -0.39 is 0 Å². The predicted octanol–water partition coefficient (Wildman–Crippen LogP) is 0.330. The molecule has 1 heterocycles. The van der Waals surface area contributed by atoms with Gasteiger partial charge in [0.1, 0.15) is 6.29 Å². The Kier molecular flexibility index (Phi) is 1.90. The largest absolute Gasteiger partial charge is 0.299 e. The minimum Gasteiger partial charge on any atom is -0.299 e. The van der Waals surface area contributed by atoms with Crippen molar-refractivity contribution in [1.82, 2.24) is 9.97 Å². The molecule has 0 saturated carbocycles. The van der Waals surface area contributed by atoms with Crippen molar-refractivity contribution >= 4 is 29.5 Å². The molecule has 0 amide bonds. The Bertz CT molecular complexity index is 673. The second kappa shape index (κ2) is 3.38. The second-order valence-electron chi connectivity index (χ2n) is 3.57. The first-order valence-electron chi connectivity index (χ1n) is 4.98. The molecular formula is C13H8N2O. The van der Waals surface area contributed by atoms with Gasteiger partial charge in [-0.3, -0.25) is 4.79 Å². The third-order valence-corrected chi connectivity index (χ3v) is 2.49. The lowest BCUT2D eigenvalue weighted by Crippen LogP contribution is -2.28. The number of benzene rings is 1. The van der Waals surface area contributed by atoms with Crippen molar-refractivity contribution in [1.29, 1.82) is 0 Å². The molecule has 0 bridgehead atoms. The molecule has 3 nitrogen and oxygen atoms in total. The van der Waals surface area contributed by atoms with Gasteiger partial charge in [0, 0.05) is 0 Å².